The molecule has 1 aliphatic heterocycles. The summed E-state index contributed by atoms with van der Waals surface area (Å²) in [6.45, 7) is 6.39. The lowest BCUT2D eigenvalue weighted by Crippen LogP contribution is -2.56. The monoisotopic (exact) mass is 374 g/mol. The molecule has 0 saturated carbocycles. The van der Waals surface area contributed by atoms with Crippen LogP contribution in [0.1, 0.15) is 37.3 Å². The number of aromatic amines is 1. The number of carbonyl (C=O) groups excluding carboxylic acids is 1. The zero-order valence-electron chi connectivity index (χ0n) is 15.7. The van der Waals surface area contributed by atoms with Crippen molar-refractivity contribution >= 4 is 28.5 Å². The van der Waals surface area contributed by atoms with E-state index in [4.69, 9.17) is 11.6 Å². The van der Waals surface area contributed by atoms with Gasteiger partial charge in [0.2, 0.25) is 0 Å². The van der Waals surface area contributed by atoms with Crippen molar-refractivity contribution in [3.63, 3.8) is 0 Å². The van der Waals surface area contributed by atoms with Crippen molar-refractivity contribution < 1.29 is 4.79 Å². The maximum atomic E-state index is 12.5. The van der Waals surface area contributed by atoms with E-state index in [2.05, 4.69) is 40.4 Å². The molecule has 26 heavy (non-hydrogen) atoms. The Labute approximate surface area is 159 Å². The van der Waals surface area contributed by atoms with E-state index in [0.717, 1.165) is 43.1 Å². The lowest BCUT2D eigenvalue weighted by molar-refractivity contribution is 0.124. The third kappa shape index (κ3) is 2.78. The van der Waals surface area contributed by atoms with Crippen LogP contribution in [0.25, 0.3) is 10.9 Å². The Morgan fingerprint density at radius 2 is 2.15 bits per heavy atom. The molecule has 2 aromatic rings. The largest absolute Gasteiger partial charge is 0.345 e. The second-order valence-electron chi connectivity index (χ2n) is 7.56. The van der Waals surface area contributed by atoms with Crippen LogP contribution in [-0.4, -0.2) is 59.6 Å². The summed E-state index contributed by atoms with van der Waals surface area (Å²) in [4.78, 5) is 20.1. The van der Waals surface area contributed by atoms with Crippen molar-refractivity contribution in [1.29, 1.82) is 0 Å². The molecule has 0 radical (unpaired) electrons. The Morgan fingerprint density at radius 3 is 2.88 bits per heavy atom. The number of fused-ring (bicyclic) bond motifs is 2. The van der Waals surface area contributed by atoms with E-state index in [9.17, 15) is 4.79 Å². The number of rotatable bonds is 3. The second kappa shape index (κ2) is 6.78. The number of likely N-dealkylation sites (tertiary alicyclic amines) is 1. The number of benzene rings is 1. The molecule has 1 aromatic carbocycles. The first-order chi connectivity index (χ1) is 12.5. The summed E-state index contributed by atoms with van der Waals surface area (Å²) >= 11 is 6.48. The molecule has 1 saturated heterocycles. The van der Waals surface area contributed by atoms with Crippen LogP contribution in [-0.2, 0) is 6.42 Å². The van der Waals surface area contributed by atoms with Gasteiger partial charge in [-0.1, -0.05) is 23.7 Å². The number of hydrogen-bond donors (Lipinski definition) is 2. The van der Waals surface area contributed by atoms with Crippen molar-refractivity contribution in [2.45, 2.75) is 44.7 Å². The van der Waals surface area contributed by atoms with Crippen molar-refractivity contribution in [2.75, 3.05) is 26.7 Å². The van der Waals surface area contributed by atoms with Crippen LogP contribution in [0.5, 0.6) is 0 Å². The molecule has 0 bridgehead atoms. The number of nitrogens with zero attached hydrogens (tertiary/aromatic N) is 2. The minimum absolute atomic E-state index is 0.0474. The van der Waals surface area contributed by atoms with Gasteiger partial charge in [-0.3, -0.25) is 0 Å². The number of H-pyrrole nitrogens is 1. The van der Waals surface area contributed by atoms with E-state index in [0.29, 0.717) is 12.0 Å². The first kappa shape index (κ1) is 17.7. The molecule has 3 atom stereocenters. The van der Waals surface area contributed by atoms with E-state index >= 15 is 0 Å². The number of piperidine rings is 1. The van der Waals surface area contributed by atoms with Crippen LogP contribution in [0.4, 0.5) is 4.79 Å². The number of amides is 2. The summed E-state index contributed by atoms with van der Waals surface area (Å²) in [5.41, 5.74) is 3.74. The zero-order valence-corrected chi connectivity index (χ0v) is 16.4. The third-order valence-corrected chi connectivity index (χ3v) is 6.50. The molecule has 5 nitrogen and oxygen atoms in total. The van der Waals surface area contributed by atoms with Gasteiger partial charge in [-0.2, -0.15) is 0 Å². The highest BCUT2D eigenvalue weighted by Crippen LogP contribution is 2.45. The van der Waals surface area contributed by atoms with Gasteiger partial charge in [0, 0.05) is 48.5 Å². The van der Waals surface area contributed by atoms with Crippen LogP contribution < -0.4 is 5.32 Å². The van der Waals surface area contributed by atoms with E-state index < -0.39 is 0 Å². The fourth-order valence-electron chi connectivity index (χ4n) is 4.87. The van der Waals surface area contributed by atoms with Gasteiger partial charge in [0.1, 0.15) is 5.15 Å². The van der Waals surface area contributed by atoms with Crippen LogP contribution in [0.3, 0.4) is 0 Å². The molecule has 1 aromatic heterocycles. The van der Waals surface area contributed by atoms with Crippen LogP contribution in [0.15, 0.2) is 18.2 Å². The second-order valence-corrected chi connectivity index (χ2v) is 7.94. The molecule has 2 unspecified atom stereocenters. The van der Waals surface area contributed by atoms with Crippen LogP contribution >= 0.6 is 11.6 Å². The molecule has 1 fully saturated rings. The summed E-state index contributed by atoms with van der Waals surface area (Å²) in [7, 11) is 2.17. The van der Waals surface area contributed by atoms with E-state index in [-0.39, 0.29) is 12.1 Å². The van der Waals surface area contributed by atoms with E-state index in [1.807, 2.05) is 18.7 Å². The smallest absolute Gasteiger partial charge is 0.317 e. The van der Waals surface area contributed by atoms with Gasteiger partial charge in [-0.25, -0.2) is 4.79 Å². The summed E-state index contributed by atoms with van der Waals surface area (Å²) in [6, 6.07) is 7.08. The van der Waals surface area contributed by atoms with Crippen LogP contribution in [0, 0.1) is 0 Å². The highest BCUT2D eigenvalue weighted by Gasteiger charge is 2.40. The van der Waals surface area contributed by atoms with Gasteiger partial charge >= 0.3 is 6.03 Å². The normalized spacial score (nSPS) is 25.2. The molecule has 0 spiro atoms. The molecule has 2 amide bonds. The number of carbonyl (C=O) groups is 1. The lowest BCUT2D eigenvalue weighted by atomic mass is 9.74. The molecule has 140 valence electrons. The number of likely N-dealkylation sites (N-methyl/N-ethyl adjacent to an activating group) is 1. The van der Waals surface area contributed by atoms with E-state index in [1.54, 1.807) is 0 Å². The molecule has 2 aliphatic rings. The Balaban J connectivity index is 1.63. The maximum absolute atomic E-state index is 12.5. The van der Waals surface area contributed by atoms with Gasteiger partial charge in [0.05, 0.1) is 0 Å². The first-order valence-electron chi connectivity index (χ1n) is 9.58. The third-order valence-electron chi connectivity index (χ3n) is 6.18. The van der Waals surface area contributed by atoms with Gasteiger partial charge in [0.25, 0.3) is 0 Å². The SMILES string of the molecule is CCN(CC)C(=O)N[C@@H]1CC2c3cccc4[nH]c(Cl)c(c34)CC2N(C)C1. The van der Waals surface area contributed by atoms with Crippen molar-refractivity contribution in [3.05, 3.63) is 34.5 Å². The van der Waals surface area contributed by atoms with E-state index in [1.165, 1.54) is 16.5 Å². The number of halogens is 1. The Bertz CT molecular complexity index is 829. The predicted molar refractivity (Wildman–Crippen MR) is 106 cm³/mol. The van der Waals surface area contributed by atoms with Crippen LogP contribution in [0.2, 0.25) is 5.15 Å². The quantitative estimate of drug-likeness (QED) is 0.862. The molecule has 1 aliphatic carbocycles. The molecule has 2 heterocycles. The summed E-state index contributed by atoms with van der Waals surface area (Å²) in [5.74, 6) is 0.416. The Morgan fingerprint density at radius 1 is 1.38 bits per heavy atom. The first-order valence-corrected chi connectivity index (χ1v) is 9.95. The molecule has 6 heteroatoms. The predicted octanol–water partition coefficient (Wildman–Crippen LogP) is 3.59. The highest BCUT2D eigenvalue weighted by molar-refractivity contribution is 6.32. The van der Waals surface area contributed by atoms with Crippen molar-refractivity contribution in [2.24, 2.45) is 0 Å². The summed E-state index contributed by atoms with van der Waals surface area (Å²) < 4.78 is 0. The summed E-state index contributed by atoms with van der Waals surface area (Å²) in [5, 5.41) is 5.33. The molecule has 2 N–H and O–H groups in total. The molecular weight excluding hydrogens is 348 g/mol. The Hall–Kier alpha value is -1.72. The Kier molecular flexibility index (Phi) is 4.61. The minimum Gasteiger partial charge on any atom is -0.345 e. The average molecular weight is 375 g/mol. The maximum Gasteiger partial charge on any atom is 0.317 e. The molecular formula is C20H27ClN4O. The topological polar surface area (TPSA) is 51.4 Å². The number of urea groups is 1. The number of nitrogens with one attached hydrogen (secondary N) is 2. The standard InChI is InChI=1S/C20H27ClN4O/c1-4-25(5-2)20(26)22-12-9-14-13-7-6-8-16-18(13)15(19(21)23-16)10-17(14)24(3)11-12/h6-8,12,14,17,23H,4-5,9-11H2,1-3H3,(H,22,26)/t12-,14?,17?/m1/s1. The van der Waals surface area contributed by atoms with Gasteiger partial charge in [-0.15, -0.1) is 0 Å². The average Bonchev–Trinajstić information content (AvgIpc) is 2.94. The van der Waals surface area contributed by atoms with Gasteiger partial charge in [0.15, 0.2) is 0 Å². The summed E-state index contributed by atoms with van der Waals surface area (Å²) in [6.07, 6.45) is 1.94. The number of aromatic nitrogens is 1. The van der Waals surface area contributed by atoms with Gasteiger partial charge in [-0.05, 0) is 50.9 Å². The fourth-order valence-corrected chi connectivity index (χ4v) is 5.14. The molecule has 4 rings (SSSR count). The fraction of sp³-hybridized carbons (Fsp3) is 0.550. The van der Waals surface area contributed by atoms with Crippen molar-refractivity contribution in [3.8, 4) is 0 Å². The minimum atomic E-state index is 0.0474. The van der Waals surface area contributed by atoms with Crippen molar-refractivity contribution in [1.82, 2.24) is 20.1 Å². The number of hydrogen-bond acceptors (Lipinski definition) is 2. The zero-order chi connectivity index (χ0) is 18.4. The van der Waals surface area contributed by atoms with Gasteiger partial charge < -0.3 is 20.1 Å². The lowest BCUT2D eigenvalue weighted by Gasteiger charge is -2.46. The highest BCUT2D eigenvalue weighted by atomic mass is 35.5.